The zero-order chi connectivity index (χ0) is 14.5. The topological polar surface area (TPSA) is 71.2 Å². The minimum Gasteiger partial charge on any atom is -0.298 e. The molecule has 2 rings (SSSR count). The van der Waals surface area contributed by atoms with Crippen molar-refractivity contribution in [1.82, 2.24) is 15.3 Å². The van der Waals surface area contributed by atoms with Crippen LogP contribution in [0.2, 0.25) is 0 Å². The molecule has 0 atom stereocenters. The highest BCUT2D eigenvalue weighted by atomic mass is 32.1. The summed E-state index contributed by atoms with van der Waals surface area (Å²) in [4.78, 5) is 18.1. The van der Waals surface area contributed by atoms with Gasteiger partial charge in [0.05, 0.1) is 5.69 Å². The Bertz CT molecular complexity index is 440. The molecule has 0 aliphatic heterocycles. The normalized spacial score (nSPS) is 23.0. The number of nitrogens with two attached hydrogens (primary N) is 1. The number of rotatable bonds is 5. The SMILES string of the molecule is CCC1CCC(N(C)Cc2csc(C(=O)NN)n2)CC1. The molecular weight excluding hydrogens is 272 g/mol. The first kappa shape index (κ1) is 15.4. The van der Waals surface area contributed by atoms with E-state index in [1.807, 2.05) is 5.38 Å². The van der Waals surface area contributed by atoms with Gasteiger partial charge in [-0.05, 0) is 38.6 Å². The zero-order valence-corrected chi connectivity index (χ0v) is 13.1. The van der Waals surface area contributed by atoms with E-state index in [9.17, 15) is 4.79 Å². The number of nitrogens with one attached hydrogen (secondary N) is 1. The van der Waals surface area contributed by atoms with Gasteiger partial charge in [0, 0.05) is 18.0 Å². The summed E-state index contributed by atoms with van der Waals surface area (Å²) in [7, 11) is 2.15. The molecule has 0 aromatic carbocycles. The van der Waals surface area contributed by atoms with Crippen LogP contribution < -0.4 is 11.3 Å². The Morgan fingerprint density at radius 1 is 1.50 bits per heavy atom. The summed E-state index contributed by atoms with van der Waals surface area (Å²) in [5.41, 5.74) is 3.07. The Morgan fingerprint density at radius 3 is 2.80 bits per heavy atom. The van der Waals surface area contributed by atoms with Gasteiger partial charge in [-0.1, -0.05) is 13.3 Å². The first-order valence-electron chi connectivity index (χ1n) is 7.29. The van der Waals surface area contributed by atoms with E-state index in [1.54, 1.807) is 0 Å². The van der Waals surface area contributed by atoms with Crippen LogP contribution in [0.4, 0.5) is 0 Å². The Balaban J connectivity index is 1.86. The molecule has 1 heterocycles. The van der Waals surface area contributed by atoms with E-state index in [4.69, 9.17) is 5.84 Å². The van der Waals surface area contributed by atoms with Gasteiger partial charge in [-0.15, -0.1) is 11.3 Å². The molecule has 0 saturated heterocycles. The molecule has 5 nitrogen and oxygen atoms in total. The fraction of sp³-hybridized carbons (Fsp3) is 0.714. The number of carbonyl (C=O) groups is 1. The second-order valence-electron chi connectivity index (χ2n) is 5.62. The highest BCUT2D eigenvalue weighted by Gasteiger charge is 2.23. The van der Waals surface area contributed by atoms with Crippen LogP contribution in [-0.4, -0.2) is 28.9 Å². The van der Waals surface area contributed by atoms with Gasteiger partial charge in [0.1, 0.15) is 0 Å². The molecule has 1 aromatic heterocycles. The number of nitrogens with zero attached hydrogens (tertiary/aromatic N) is 2. The maximum Gasteiger partial charge on any atom is 0.294 e. The number of amides is 1. The molecule has 1 saturated carbocycles. The van der Waals surface area contributed by atoms with Crippen molar-refractivity contribution in [3.05, 3.63) is 16.1 Å². The number of nitrogen functional groups attached to an aromatic ring is 1. The number of aromatic nitrogens is 1. The average Bonchev–Trinajstić information content (AvgIpc) is 2.95. The number of thiazole rings is 1. The molecule has 1 amide bonds. The maximum atomic E-state index is 11.4. The van der Waals surface area contributed by atoms with Crippen molar-refractivity contribution in [1.29, 1.82) is 0 Å². The van der Waals surface area contributed by atoms with Crippen molar-refractivity contribution >= 4 is 17.2 Å². The number of hydrazine groups is 1. The van der Waals surface area contributed by atoms with Gasteiger partial charge in [0.15, 0.2) is 5.01 Å². The summed E-state index contributed by atoms with van der Waals surface area (Å²) >= 11 is 1.35. The molecule has 1 aliphatic rings. The Hall–Kier alpha value is -0.980. The lowest BCUT2D eigenvalue weighted by atomic mass is 9.84. The molecular formula is C14H24N4OS. The quantitative estimate of drug-likeness (QED) is 0.496. The predicted molar refractivity (Wildman–Crippen MR) is 81.3 cm³/mol. The summed E-state index contributed by atoms with van der Waals surface area (Å²) in [6.45, 7) is 3.09. The third-order valence-corrected chi connectivity index (χ3v) is 5.20. The van der Waals surface area contributed by atoms with Crippen LogP contribution in [0.3, 0.4) is 0 Å². The molecule has 0 bridgehead atoms. The largest absolute Gasteiger partial charge is 0.298 e. The maximum absolute atomic E-state index is 11.4. The fourth-order valence-electron chi connectivity index (χ4n) is 2.92. The lowest BCUT2D eigenvalue weighted by molar-refractivity contribution is 0.0952. The molecule has 0 radical (unpaired) electrons. The summed E-state index contributed by atoms with van der Waals surface area (Å²) < 4.78 is 0. The zero-order valence-electron chi connectivity index (χ0n) is 12.3. The molecule has 20 heavy (non-hydrogen) atoms. The van der Waals surface area contributed by atoms with Crippen LogP contribution in [0.15, 0.2) is 5.38 Å². The lowest BCUT2D eigenvalue weighted by Gasteiger charge is -2.34. The molecule has 0 spiro atoms. The van der Waals surface area contributed by atoms with Crippen molar-refractivity contribution in [2.45, 2.75) is 51.6 Å². The van der Waals surface area contributed by atoms with E-state index < -0.39 is 0 Å². The molecule has 6 heteroatoms. The smallest absolute Gasteiger partial charge is 0.294 e. The van der Waals surface area contributed by atoms with E-state index in [2.05, 4.69) is 29.3 Å². The third kappa shape index (κ3) is 3.77. The minimum atomic E-state index is -0.313. The summed E-state index contributed by atoms with van der Waals surface area (Å²) in [5.74, 6) is 5.72. The van der Waals surface area contributed by atoms with Crippen molar-refractivity contribution in [3.8, 4) is 0 Å². The molecule has 1 aromatic rings. The lowest BCUT2D eigenvalue weighted by Crippen LogP contribution is -2.34. The molecule has 1 fully saturated rings. The van der Waals surface area contributed by atoms with Crippen LogP contribution in [0, 0.1) is 5.92 Å². The first-order valence-corrected chi connectivity index (χ1v) is 8.17. The third-order valence-electron chi connectivity index (χ3n) is 4.31. The van der Waals surface area contributed by atoms with E-state index in [0.717, 1.165) is 18.2 Å². The standard InChI is InChI=1S/C14H24N4OS/c1-3-10-4-6-12(7-5-10)18(2)8-11-9-20-14(16-11)13(19)17-15/h9-10,12H,3-8,15H2,1-2H3,(H,17,19). The van der Waals surface area contributed by atoms with Gasteiger partial charge >= 0.3 is 0 Å². The van der Waals surface area contributed by atoms with E-state index >= 15 is 0 Å². The van der Waals surface area contributed by atoms with E-state index in [0.29, 0.717) is 11.0 Å². The van der Waals surface area contributed by atoms with Crippen molar-refractivity contribution in [3.63, 3.8) is 0 Å². The van der Waals surface area contributed by atoms with Crippen LogP contribution in [0.5, 0.6) is 0 Å². The van der Waals surface area contributed by atoms with Crippen LogP contribution in [0.1, 0.15) is 54.5 Å². The summed E-state index contributed by atoms with van der Waals surface area (Å²) in [6, 6.07) is 0.645. The van der Waals surface area contributed by atoms with Crippen molar-refractivity contribution in [2.75, 3.05) is 7.05 Å². The van der Waals surface area contributed by atoms with Gasteiger partial charge < -0.3 is 0 Å². The van der Waals surface area contributed by atoms with Gasteiger partial charge in [-0.25, -0.2) is 10.8 Å². The minimum absolute atomic E-state index is 0.313. The van der Waals surface area contributed by atoms with Gasteiger partial charge in [0.2, 0.25) is 0 Å². The molecule has 112 valence electrons. The number of hydrogen-bond donors (Lipinski definition) is 2. The molecule has 3 N–H and O–H groups in total. The van der Waals surface area contributed by atoms with Gasteiger partial charge in [-0.3, -0.25) is 15.1 Å². The Morgan fingerprint density at radius 2 is 2.20 bits per heavy atom. The molecule has 1 aliphatic carbocycles. The Labute approximate surface area is 124 Å². The highest BCUT2D eigenvalue weighted by Crippen LogP contribution is 2.29. The van der Waals surface area contributed by atoms with E-state index in [-0.39, 0.29) is 5.91 Å². The van der Waals surface area contributed by atoms with Gasteiger partial charge in [0.25, 0.3) is 5.91 Å². The predicted octanol–water partition coefficient (Wildman–Crippen LogP) is 2.15. The number of carbonyl (C=O) groups excluding carboxylic acids is 1. The van der Waals surface area contributed by atoms with Crippen LogP contribution in [0.25, 0.3) is 0 Å². The van der Waals surface area contributed by atoms with Crippen LogP contribution >= 0.6 is 11.3 Å². The second kappa shape index (κ2) is 7.15. The number of hydrogen-bond acceptors (Lipinski definition) is 5. The highest BCUT2D eigenvalue weighted by molar-refractivity contribution is 7.11. The monoisotopic (exact) mass is 296 g/mol. The summed E-state index contributed by atoms with van der Waals surface area (Å²) in [6.07, 6.45) is 6.53. The fourth-order valence-corrected chi connectivity index (χ4v) is 3.63. The van der Waals surface area contributed by atoms with Gasteiger partial charge in [-0.2, -0.15) is 0 Å². The van der Waals surface area contributed by atoms with E-state index in [1.165, 1.54) is 43.4 Å². The molecule has 0 unspecified atom stereocenters. The second-order valence-corrected chi connectivity index (χ2v) is 6.47. The Kier molecular flexibility index (Phi) is 5.51. The van der Waals surface area contributed by atoms with Crippen molar-refractivity contribution in [2.24, 2.45) is 11.8 Å². The summed E-state index contributed by atoms with van der Waals surface area (Å²) in [5, 5.41) is 2.38. The average molecular weight is 296 g/mol. The van der Waals surface area contributed by atoms with Crippen molar-refractivity contribution < 1.29 is 4.79 Å². The first-order chi connectivity index (χ1) is 9.63. The van der Waals surface area contributed by atoms with Crippen LogP contribution in [-0.2, 0) is 6.54 Å².